The average molecular weight is 289 g/mol. The summed E-state index contributed by atoms with van der Waals surface area (Å²) in [6, 6.07) is 4.39. The van der Waals surface area contributed by atoms with E-state index in [0.29, 0.717) is 13.1 Å². The molecule has 1 aromatic heterocycles. The molecule has 2 rings (SSSR count). The summed E-state index contributed by atoms with van der Waals surface area (Å²) in [5.74, 6) is -0.358. The summed E-state index contributed by atoms with van der Waals surface area (Å²) < 4.78 is 1.83. The molecule has 0 spiro atoms. The molecule has 1 aromatic carbocycles. The first-order valence-electron chi connectivity index (χ1n) is 6.32. The van der Waals surface area contributed by atoms with E-state index in [9.17, 15) is 14.9 Å². The molecule has 0 saturated carbocycles. The molecule has 2 aromatic rings. The molecule has 0 aliphatic carbocycles. The van der Waals surface area contributed by atoms with Gasteiger partial charge in [-0.1, -0.05) is 6.07 Å². The second-order valence-corrected chi connectivity index (χ2v) is 4.26. The lowest BCUT2D eigenvalue weighted by Crippen LogP contribution is -2.27. The Labute approximate surface area is 121 Å². The number of benzene rings is 1. The van der Waals surface area contributed by atoms with Crippen molar-refractivity contribution in [3.05, 3.63) is 52.6 Å². The Morgan fingerprint density at radius 2 is 2.29 bits per heavy atom. The number of carbonyl (C=O) groups is 1. The van der Waals surface area contributed by atoms with Crippen molar-refractivity contribution < 1.29 is 9.72 Å². The Morgan fingerprint density at radius 3 is 2.90 bits per heavy atom. The normalized spacial score (nSPS) is 10.1. The number of nitro benzene ring substituents is 1. The summed E-state index contributed by atoms with van der Waals surface area (Å²) >= 11 is 0. The summed E-state index contributed by atoms with van der Waals surface area (Å²) in [4.78, 5) is 26.5. The minimum absolute atomic E-state index is 0.125. The molecule has 21 heavy (non-hydrogen) atoms. The molecule has 0 radical (unpaired) electrons. The molecule has 2 N–H and O–H groups in total. The van der Waals surface area contributed by atoms with E-state index in [1.807, 2.05) is 4.57 Å². The maximum atomic E-state index is 12.1. The standard InChI is InChI=1S/C13H15N5O3/c1-14-12-10(3-2-4-11(12)18(20)21)13(19)16-6-8-17-7-5-15-9-17/h2-5,7,9,14H,6,8H2,1H3,(H,16,19). The van der Waals surface area contributed by atoms with Gasteiger partial charge in [0.15, 0.2) is 0 Å². The van der Waals surface area contributed by atoms with E-state index < -0.39 is 4.92 Å². The van der Waals surface area contributed by atoms with Crippen molar-refractivity contribution in [3.63, 3.8) is 0 Å². The smallest absolute Gasteiger partial charge is 0.293 e. The van der Waals surface area contributed by atoms with Gasteiger partial charge >= 0.3 is 0 Å². The van der Waals surface area contributed by atoms with Crippen molar-refractivity contribution in [2.75, 3.05) is 18.9 Å². The maximum Gasteiger partial charge on any atom is 0.293 e. The van der Waals surface area contributed by atoms with Crippen LogP contribution in [0.15, 0.2) is 36.9 Å². The first kappa shape index (κ1) is 14.5. The van der Waals surface area contributed by atoms with Crippen molar-refractivity contribution in [2.45, 2.75) is 6.54 Å². The number of carbonyl (C=O) groups excluding carboxylic acids is 1. The van der Waals surface area contributed by atoms with Crippen LogP contribution in [0.3, 0.4) is 0 Å². The Kier molecular flexibility index (Phi) is 4.50. The van der Waals surface area contributed by atoms with Gasteiger partial charge in [-0.3, -0.25) is 14.9 Å². The molecule has 0 fully saturated rings. The van der Waals surface area contributed by atoms with Crippen LogP contribution in [-0.4, -0.2) is 34.0 Å². The molecule has 0 saturated heterocycles. The number of nitrogens with zero attached hydrogens (tertiary/aromatic N) is 3. The number of aromatic nitrogens is 2. The van der Waals surface area contributed by atoms with Crippen molar-refractivity contribution in [3.8, 4) is 0 Å². The van der Waals surface area contributed by atoms with Crippen molar-refractivity contribution >= 4 is 17.3 Å². The van der Waals surface area contributed by atoms with E-state index in [2.05, 4.69) is 15.6 Å². The molecule has 1 heterocycles. The third kappa shape index (κ3) is 3.35. The van der Waals surface area contributed by atoms with Crippen LogP contribution in [0.4, 0.5) is 11.4 Å². The summed E-state index contributed by atoms with van der Waals surface area (Å²) in [6.45, 7) is 0.983. The molecule has 0 bridgehead atoms. The van der Waals surface area contributed by atoms with Crippen LogP contribution in [0.25, 0.3) is 0 Å². The van der Waals surface area contributed by atoms with Crippen LogP contribution in [0.5, 0.6) is 0 Å². The zero-order valence-corrected chi connectivity index (χ0v) is 11.4. The molecule has 110 valence electrons. The number of hydrogen-bond acceptors (Lipinski definition) is 5. The third-order valence-corrected chi connectivity index (χ3v) is 2.95. The molecule has 0 atom stereocenters. The third-order valence-electron chi connectivity index (χ3n) is 2.95. The molecule has 8 heteroatoms. The molecule has 0 aliphatic heterocycles. The van der Waals surface area contributed by atoms with Crippen LogP contribution in [0.2, 0.25) is 0 Å². The lowest BCUT2D eigenvalue weighted by Gasteiger charge is -2.10. The lowest BCUT2D eigenvalue weighted by molar-refractivity contribution is -0.384. The number of hydrogen-bond donors (Lipinski definition) is 2. The van der Waals surface area contributed by atoms with Crippen LogP contribution >= 0.6 is 0 Å². The largest absolute Gasteiger partial charge is 0.382 e. The van der Waals surface area contributed by atoms with Gasteiger partial charge in [0.25, 0.3) is 11.6 Å². The average Bonchev–Trinajstić information content (AvgIpc) is 2.99. The summed E-state index contributed by atoms with van der Waals surface area (Å²) in [5.41, 5.74) is 0.333. The van der Waals surface area contributed by atoms with Crippen molar-refractivity contribution in [1.82, 2.24) is 14.9 Å². The van der Waals surface area contributed by atoms with Crippen LogP contribution in [0, 0.1) is 10.1 Å². The highest BCUT2D eigenvalue weighted by Gasteiger charge is 2.20. The van der Waals surface area contributed by atoms with Gasteiger partial charge in [0.2, 0.25) is 0 Å². The fraction of sp³-hybridized carbons (Fsp3) is 0.231. The van der Waals surface area contributed by atoms with Crippen LogP contribution < -0.4 is 10.6 Å². The van der Waals surface area contributed by atoms with E-state index in [0.717, 1.165) is 0 Å². The van der Waals surface area contributed by atoms with Gasteiger partial charge in [0.1, 0.15) is 5.69 Å². The molecular formula is C13H15N5O3. The van der Waals surface area contributed by atoms with Gasteiger partial charge in [-0.15, -0.1) is 0 Å². The summed E-state index contributed by atoms with van der Waals surface area (Å²) in [6.07, 6.45) is 5.10. The Bertz CT molecular complexity index is 639. The number of nitrogens with one attached hydrogen (secondary N) is 2. The van der Waals surface area contributed by atoms with E-state index >= 15 is 0 Å². The lowest BCUT2D eigenvalue weighted by atomic mass is 10.1. The van der Waals surface area contributed by atoms with E-state index in [1.54, 1.807) is 31.8 Å². The first-order valence-corrected chi connectivity index (χ1v) is 6.32. The van der Waals surface area contributed by atoms with Gasteiger partial charge in [-0.2, -0.15) is 0 Å². The zero-order valence-electron chi connectivity index (χ0n) is 11.4. The number of nitro groups is 1. The zero-order chi connectivity index (χ0) is 15.2. The van der Waals surface area contributed by atoms with Crippen LogP contribution in [-0.2, 0) is 6.54 Å². The summed E-state index contributed by atoms with van der Waals surface area (Å²) in [7, 11) is 1.55. The van der Waals surface area contributed by atoms with Crippen LogP contribution in [0.1, 0.15) is 10.4 Å². The van der Waals surface area contributed by atoms with Gasteiger partial charge in [0, 0.05) is 38.6 Å². The van der Waals surface area contributed by atoms with Crippen molar-refractivity contribution in [1.29, 1.82) is 0 Å². The highest BCUT2D eigenvalue weighted by atomic mass is 16.6. The molecular weight excluding hydrogens is 274 g/mol. The minimum Gasteiger partial charge on any atom is -0.382 e. The Balaban J connectivity index is 2.08. The fourth-order valence-electron chi connectivity index (χ4n) is 1.96. The van der Waals surface area contributed by atoms with E-state index in [1.165, 1.54) is 12.1 Å². The van der Waals surface area contributed by atoms with E-state index in [-0.39, 0.29) is 22.8 Å². The number of para-hydroxylation sites is 1. The van der Waals surface area contributed by atoms with E-state index in [4.69, 9.17) is 0 Å². The summed E-state index contributed by atoms with van der Waals surface area (Å²) in [5, 5.41) is 16.4. The highest BCUT2D eigenvalue weighted by molar-refractivity contribution is 6.01. The van der Waals surface area contributed by atoms with Gasteiger partial charge < -0.3 is 15.2 Å². The first-order chi connectivity index (χ1) is 10.1. The number of anilines is 1. The molecule has 1 amide bonds. The Morgan fingerprint density at radius 1 is 1.48 bits per heavy atom. The maximum absolute atomic E-state index is 12.1. The fourth-order valence-corrected chi connectivity index (χ4v) is 1.96. The molecule has 8 nitrogen and oxygen atoms in total. The second kappa shape index (κ2) is 6.51. The van der Waals surface area contributed by atoms with Gasteiger partial charge in [-0.05, 0) is 6.07 Å². The Hall–Kier alpha value is -2.90. The SMILES string of the molecule is CNc1c(C(=O)NCCn2ccnc2)cccc1[N+](=O)[O-]. The predicted molar refractivity (Wildman–Crippen MR) is 77.2 cm³/mol. The quantitative estimate of drug-likeness (QED) is 0.615. The van der Waals surface area contributed by atoms with Gasteiger partial charge in [-0.25, -0.2) is 4.98 Å². The predicted octanol–water partition coefficient (Wildman–Crippen LogP) is 1.26. The highest BCUT2D eigenvalue weighted by Crippen LogP contribution is 2.27. The number of rotatable bonds is 6. The molecule has 0 unspecified atom stereocenters. The topological polar surface area (TPSA) is 102 Å². The van der Waals surface area contributed by atoms with Gasteiger partial charge in [0.05, 0.1) is 16.8 Å². The van der Waals surface area contributed by atoms with Crippen molar-refractivity contribution in [2.24, 2.45) is 0 Å². The second-order valence-electron chi connectivity index (χ2n) is 4.26. The number of imidazole rings is 1. The minimum atomic E-state index is -0.520. The number of amides is 1. The molecule has 0 aliphatic rings. The monoisotopic (exact) mass is 289 g/mol.